The van der Waals surface area contributed by atoms with Gasteiger partial charge in [-0.2, -0.15) is 4.98 Å². The van der Waals surface area contributed by atoms with Crippen LogP contribution < -0.4 is 0 Å². The van der Waals surface area contributed by atoms with Gasteiger partial charge in [-0.1, -0.05) is 50.5 Å². The smallest absolute Gasteiger partial charge is 0.331 e. The molecule has 5 nitrogen and oxygen atoms in total. The monoisotopic (exact) mass is 283 g/mol. The van der Waals surface area contributed by atoms with Crippen LogP contribution in [0.2, 0.25) is 0 Å². The number of nitrogens with zero attached hydrogens (tertiary/aromatic N) is 2. The van der Waals surface area contributed by atoms with E-state index in [0.29, 0.717) is 0 Å². The van der Waals surface area contributed by atoms with Gasteiger partial charge >= 0.3 is 5.97 Å². The minimum absolute atomic E-state index is 0.487. The maximum absolute atomic E-state index is 10.9. The van der Waals surface area contributed by atoms with Crippen LogP contribution in [-0.4, -0.2) is 21.2 Å². The number of rotatable bonds is 10. The fraction of sp³-hybridized carbons (Fsp3) is 0.643. The van der Waals surface area contributed by atoms with E-state index in [0.717, 1.165) is 0 Å². The molecule has 0 bridgehead atoms. The van der Waals surface area contributed by atoms with Crippen molar-refractivity contribution in [1.29, 1.82) is 0 Å². The molecular weight excluding hydrogens is 244 g/mol. The Balaban J connectivity index is 3.62. The van der Waals surface area contributed by atoms with Gasteiger partial charge in [0.25, 0.3) is 0 Å². The Hall–Kier alpha value is -1.65. The zero-order chi connectivity index (χ0) is 29.1. The van der Waals surface area contributed by atoms with E-state index in [2.05, 4.69) is 21.2 Å². The van der Waals surface area contributed by atoms with Crippen molar-refractivity contribution in [2.45, 2.75) is 57.9 Å². The van der Waals surface area contributed by atoms with Gasteiger partial charge in [0.15, 0.2) is 5.82 Å². The summed E-state index contributed by atoms with van der Waals surface area (Å²) < 4.78 is 137. The SMILES string of the molecule is [2H]C([2H])([2H])C([2H])([2H])C([2H])([2H])C([2H])([2H])C([2H])([2H])C([2H])([2H])C([2H])([2H])C([2H])([2H])c1noc(CC(=C)C(=O)O)n1. The van der Waals surface area contributed by atoms with Crippen molar-refractivity contribution < 1.29 is 37.7 Å². The molecule has 1 aromatic rings. The third-order valence-electron chi connectivity index (χ3n) is 1.62. The van der Waals surface area contributed by atoms with E-state index in [1.54, 1.807) is 0 Å². The number of carbonyl (C=O) groups is 1. The molecule has 0 amide bonds. The lowest BCUT2D eigenvalue weighted by molar-refractivity contribution is -0.132. The highest BCUT2D eigenvalue weighted by molar-refractivity contribution is 5.86. The zero-order valence-corrected chi connectivity index (χ0v) is 9.57. The summed E-state index contributed by atoms with van der Waals surface area (Å²) in [5, 5.41) is 12.0. The van der Waals surface area contributed by atoms with Crippen LogP contribution in [0.3, 0.4) is 0 Å². The molecular formula is C14H22N2O3. The summed E-state index contributed by atoms with van der Waals surface area (Å²) in [5.41, 5.74) is -0.487. The molecule has 0 aliphatic carbocycles. The number of aromatic nitrogens is 2. The molecule has 0 saturated carbocycles. The van der Waals surface area contributed by atoms with E-state index in [1.807, 2.05) is 0 Å². The fourth-order valence-corrected chi connectivity index (χ4v) is 0.848. The minimum atomic E-state index is -4.43. The molecule has 1 rings (SSSR count). The molecule has 1 N–H and O–H groups in total. The van der Waals surface area contributed by atoms with Crippen LogP contribution >= 0.6 is 0 Å². The van der Waals surface area contributed by atoms with Crippen molar-refractivity contribution >= 4 is 5.97 Å². The predicted molar refractivity (Wildman–Crippen MR) is 71.9 cm³/mol. The van der Waals surface area contributed by atoms with E-state index < -0.39 is 81.1 Å². The van der Waals surface area contributed by atoms with E-state index in [-0.39, 0.29) is 0 Å². The third kappa shape index (κ3) is 6.18. The quantitative estimate of drug-likeness (QED) is 0.667. The molecule has 0 unspecified atom stereocenters. The summed E-state index contributed by atoms with van der Waals surface area (Å²) >= 11 is 0. The Labute approximate surface area is 137 Å². The van der Waals surface area contributed by atoms with Crippen LogP contribution in [0.15, 0.2) is 16.7 Å². The molecule has 0 atom stereocenters. The van der Waals surface area contributed by atoms with Crippen LogP contribution in [0.25, 0.3) is 0 Å². The first-order valence-corrected chi connectivity index (χ1v) is 4.80. The Kier molecular flexibility index (Phi) is 1.75. The minimum Gasteiger partial charge on any atom is -0.478 e. The fourth-order valence-electron chi connectivity index (χ4n) is 0.848. The number of carboxylic acid groups (broad SMARTS) is 1. The van der Waals surface area contributed by atoms with Crippen molar-refractivity contribution in [2.24, 2.45) is 0 Å². The van der Waals surface area contributed by atoms with Crippen molar-refractivity contribution in [2.75, 3.05) is 0 Å². The maximum Gasteiger partial charge on any atom is 0.331 e. The van der Waals surface area contributed by atoms with Gasteiger partial charge in [0.1, 0.15) is 0 Å². The number of aryl methyl sites for hydroxylation is 1. The highest BCUT2D eigenvalue weighted by Crippen LogP contribution is 2.09. The van der Waals surface area contributed by atoms with Crippen molar-refractivity contribution in [1.82, 2.24) is 10.1 Å². The molecule has 106 valence electrons. The van der Waals surface area contributed by atoms with Gasteiger partial charge in [-0.05, 0) is 6.37 Å². The van der Waals surface area contributed by atoms with Gasteiger partial charge in [-0.25, -0.2) is 4.79 Å². The van der Waals surface area contributed by atoms with Gasteiger partial charge in [-0.3, -0.25) is 0 Å². The number of hydrogen-bond donors (Lipinski definition) is 1. The number of hydrogen-bond acceptors (Lipinski definition) is 4. The van der Waals surface area contributed by atoms with Gasteiger partial charge in [0.05, 0.1) is 6.42 Å². The van der Waals surface area contributed by atoms with Crippen molar-refractivity contribution in [3.05, 3.63) is 23.9 Å². The number of aliphatic carboxylic acids is 1. The van der Waals surface area contributed by atoms with Gasteiger partial charge < -0.3 is 9.63 Å². The molecule has 0 aliphatic heterocycles. The molecule has 19 heavy (non-hydrogen) atoms. The second-order valence-corrected chi connectivity index (χ2v) is 2.97. The van der Waals surface area contributed by atoms with Crippen LogP contribution in [-0.2, 0) is 17.6 Å². The van der Waals surface area contributed by atoms with Crippen LogP contribution in [0, 0.1) is 0 Å². The van der Waals surface area contributed by atoms with Gasteiger partial charge in [0.2, 0.25) is 5.89 Å². The van der Waals surface area contributed by atoms with Gasteiger partial charge in [0, 0.05) is 35.2 Å². The molecule has 0 fully saturated rings. The zero-order valence-electron chi connectivity index (χ0n) is 26.6. The molecule has 1 aromatic heterocycles. The highest BCUT2D eigenvalue weighted by Gasteiger charge is 2.11. The lowest BCUT2D eigenvalue weighted by Gasteiger charge is -1.97. The third-order valence-corrected chi connectivity index (χ3v) is 1.62. The topological polar surface area (TPSA) is 76.2 Å². The standard InChI is InChI=1S/C14H22N2O3/c1-3-4-5-6-7-8-9-12-15-13(19-16-12)10-11(2)14(17)18/h2-10H2,1H3,(H,17,18)/i1D3,3D2,4D2,5D2,6D2,7D2,8D2,9D2. The second kappa shape index (κ2) is 8.45. The lowest BCUT2D eigenvalue weighted by atomic mass is 10.1. The summed E-state index contributed by atoms with van der Waals surface area (Å²) in [4.78, 5) is 14.3. The average Bonchev–Trinajstić information content (AvgIpc) is 3.15. The normalized spacial score (nSPS) is 29.8. The Morgan fingerprint density at radius 3 is 2.89 bits per heavy atom. The molecule has 0 aromatic carbocycles. The molecule has 0 aliphatic rings. The summed E-state index contributed by atoms with van der Waals surface area (Å²) in [6, 6.07) is 0. The summed E-state index contributed by atoms with van der Waals surface area (Å²) in [5.74, 6) is -3.30. The first-order chi connectivity index (χ1) is 15.6. The molecule has 5 heteroatoms. The molecule has 0 spiro atoms. The molecule has 0 saturated heterocycles. The molecule has 1 heterocycles. The predicted octanol–water partition coefficient (Wildman–Crippen LogP) is 3.16. The Morgan fingerprint density at radius 2 is 2.16 bits per heavy atom. The van der Waals surface area contributed by atoms with E-state index in [9.17, 15) is 4.79 Å². The summed E-state index contributed by atoms with van der Waals surface area (Å²) in [6.45, 7) is -0.684. The highest BCUT2D eigenvalue weighted by atomic mass is 16.5. The Bertz CT molecular complexity index is 1010. The van der Waals surface area contributed by atoms with E-state index >= 15 is 0 Å². The van der Waals surface area contributed by atoms with Crippen LogP contribution in [0.5, 0.6) is 0 Å². The maximum atomic E-state index is 10.9. The van der Waals surface area contributed by atoms with Crippen LogP contribution in [0.4, 0.5) is 0 Å². The van der Waals surface area contributed by atoms with Gasteiger partial charge in [-0.15, -0.1) is 0 Å². The molecule has 0 radical (unpaired) electrons. The first kappa shape index (κ1) is 3.93. The summed E-state index contributed by atoms with van der Waals surface area (Å²) in [7, 11) is 0. The van der Waals surface area contributed by atoms with E-state index in [1.165, 1.54) is 0 Å². The van der Waals surface area contributed by atoms with Crippen molar-refractivity contribution in [3.63, 3.8) is 0 Å². The number of carboxylic acids is 1. The largest absolute Gasteiger partial charge is 0.478 e. The van der Waals surface area contributed by atoms with Crippen molar-refractivity contribution in [3.8, 4) is 0 Å². The summed E-state index contributed by atoms with van der Waals surface area (Å²) in [6.07, 6.45) is -30.1. The Morgan fingerprint density at radius 1 is 1.42 bits per heavy atom. The van der Waals surface area contributed by atoms with Crippen LogP contribution in [0.1, 0.15) is 80.1 Å². The first-order valence-electron chi connectivity index (χ1n) is 13.3. The average molecular weight is 283 g/mol. The second-order valence-electron chi connectivity index (χ2n) is 2.97. The van der Waals surface area contributed by atoms with E-state index in [4.69, 9.17) is 28.4 Å². The lowest BCUT2D eigenvalue weighted by Crippen LogP contribution is -2.02.